The Labute approximate surface area is 109 Å². The van der Waals surface area contributed by atoms with Gasteiger partial charge in [0.15, 0.2) is 11.5 Å². The van der Waals surface area contributed by atoms with E-state index in [1.807, 2.05) is 0 Å². The minimum absolute atomic E-state index is 0.320. The van der Waals surface area contributed by atoms with Gasteiger partial charge in [-0.2, -0.15) is 0 Å². The monoisotopic (exact) mass is 257 g/mol. The number of benzene rings is 1. The van der Waals surface area contributed by atoms with Gasteiger partial charge in [0.1, 0.15) is 11.6 Å². The van der Waals surface area contributed by atoms with Gasteiger partial charge in [0, 0.05) is 19.4 Å². The van der Waals surface area contributed by atoms with E-state index in [9.17, 15) is 4.39 Å². The number of anilines is 3. The molecule has 96 valence electrons. The average molecular weight is 257 g/mol. The zero-order valence-corrected chi connectivity index (χ0v) is 10.3. The van der Waals surface area contributed by atoms with Crippen molar-refractivity contribution in [2.75, 3.05) is 17.7 Å². The normalized spacial score (nSPS) is 10.8. The fourth-order valence-corrected chi connectivity index (χ4v) is 2.00. The second-order valence-corrected chi connectivity index (χ2v) is 4.16. The molecular weight excluding hydrogens is 245 g/mol. The number of halogens is 1. The van der Waals surface area contributed by atoms with Crippen LogP contribution in [0.15, 0.2) is 42.9 Å². The van der Waals surface area contributed by atoms with Crippen LogP contribution in [0.1, 0.15) is 0 Å². The molecule has 0 radical (unpaired) electrons. The number of fused-ring (bicyclic) bond motifs is 1. The molecule has 2 N–H and O–H groups in total. The highest BCUT2D eigenvalue weighted by Gasteiger charge is 2.15. The van der Waals surface area contributed by atoms with Crippen LogP contribution in [0.4, 0.5) is 21.7 Å². The molecule has 1 aromatic carbocycles. The van der Waals surface area contributed by atoms with Gasteiger partial charge in [0.2, 0.25) is 0 Å². The van der Waals surface area contributed by atoms with Gasteiger partial charge in [0.25, 0.3) is 0 Å². The van der Waals surface area contributed by atoms with Crippen molar-refractivity contribution in [3.63, 3.8) is 0 Å². The van der Waals surface area contributed by atoms with E-state index >= 15 is 0 Å². The number of nitrogens with zero attached hydrogens (tertiary/aromatic N) is 4. The lowest BCUT2D eigenvalue weighted by molar-refractivity contribution is 0.627. The third-order valence-corrected chi connectivity index (χ3v) is 2.91. The molecule has 0 saturated carbocycles. The van der Waals surface area contributed by atoms with Crippen molar-refractivity contribution >= 4 is 23.0 Å². The van der Waals surface area contributed by atoms with E-state index in [-0.39, 0.29) is 5.82 Å². The summed E-state index contributed by atoms with van der Waals surface area (Å²) in [5.74, 6) is 0.540. The summed E-state index contributed by atoms with van der Waals surface area (Å²) in [6.07, 6.45) is 5.09. The first-order chi connectivity index (χ1) is 9.16. The maximum Gasteiger partial charge on any atom is 0.180 e. The lowest BCUT2D eigenvalue weighted by Gasteiger charge is -2.19. The standard InChI is InChI=1S/C13H12FN5/c1-18(10-5-3-2-4-9(10)14)13-12-16-6-7-19(12)8-11(15)17-13/h2-8H,15H2,1H3. The summed E-state index contributed by atoms with van der Waals surface area (Å²) in [5.41, 5.74) is 6.80. The Kier molecular flexibility index (Phi) is 2.56. The van der Waals surface area contributed by atoms with Gasteiger partial charge in [-0.25, -0.2) is 14.4 Å². The van der Waals surface area contributed by atoms with E-state index in [1.54, 1.807) is 53.1 Å². The Morgan fingerprint density at radius 1 is 1.32 bits per heavy atom. The summed E-state index contributed by atoms with van der Waals surface area (Å²) < 4.78 is 15.6. The Balaban J connectivity index is 2.19. The molecule has 3 aromatic rings. The minimum Gasteiger partial charge on any atom is -0.382 e. The molecule has 0 unspecified atom stereocenters. The maximum absolute atomic E-state index is 13.8. The minimum atomic E-state index is -0.320. The van der Waals surface area contributed by atoms with Crippen molar-refractivity contribution in [2.24, 2.45) is 0 Å². The smallest absolute Gasteiger partial charge is 0.180 e. The summed E-state index contributed by atoms with van der Waals surface area (Å²) in [4.78, 5) is 10.1. The summed E-state index contributed by atoms with van der Waals surface area (Å²) in [6.45, 7) is 0. The molecule has 0 bridgehead atoms. The molecule has 0 amide bonds. The molecule has 0 aliphatic heterocycles. The fourth-order valence-electron chi connectivity index (χ4n) is 2.00. The highest BCUT2D eigenvalue weighted by molar-refractivity contribution is 5.73. The van der Waals surface area contributed by atoms with Crippen LogP contribution in [-0.4, -0.2) is 21.4 Å². The molecule has 6 heteroatoms. The summed E-state index contributed by atoms with van der Waals surface area (Å²) in [6, 6.07) is 6.50. The SMILES string of the molecule is CN(c1ccccc1F)c1nc(N)cn2ccnc12. The van der Waals surface area contributed by atoms with Crippen LogP contribution in [0, 0.1) is 5.82 Å². The van der Waals surface area contributed by atoms with Gasteiger partial charge in [-0.3, -0.25) is 0 Å². The third-order valence-electron chi connectivity index (χ3n) is 2.91. The van der Waals surface area contributed by atoms with Crippen molar-refractivity contribution in [1.29, 1.82) is 0 Å². The Bertz CT molecular complexity index is 737. The van der Waals surface area contributed by atoms with Gasteiger partial charge < -0.3 is 15.0 Å². The molecule has 0 saturated heterocycles. The van der Waals surface area contributed by atoms with Gasteiger partial charge in [-0.05, 0) is 12.1 Å². The van der Waals surface area contributed by atoms with Crippen LogP contribution in [0.5, 0.6) is 0 Å². The van der Waals surface area contributed by atoms with Crippen molar-refractivity contribution in [1.82, 2.24) is 14.4 Å². The van der Waals surface area contributed by atoms with Crippen molar-refractivity contribution in [3.05, 3.63) is 48.7 Å². The van der Waals surface area contributed by atoms with Crippen molar-refractivity contribution in [2.45, 2.75) is 0 Å². The Hall–Kier alpha value is -2.63. The molecule has 0 aliphatic rings. The number of nitrogen functional groups attached to an aromatic ring is 1. The lowest BCUT2D eigenvalue weighted by Crippen LogP contribution is -2.15. The zero-order chi connectivity index (χ0) is 13.4. The zero-order valence-electron chi connectivity index (χ0n) is 10.3. The summed E-state index contributed by atoms with van der Waals surface area (Å²) in [5, 5.41) is 0. The molecule has 0 fully saturated rings. The number of para-hydroxylation sites is 1. The molecule has 2 heterocycles. The van der Waals surface area contributed by atoms with E-state index in [0.717, 1.165) is 0 Å². The molecule has 2 aromatic heterocycles. The molecule has 19 heavy (non-hydrogen) atoms. The van der Waals surface area contributed by atoms with Gasteiger partial charge in [-0.15, -0.1) is 0 Å². The second kappa shape index (κ2) is 4.24. The highest BCUT2D eigenvalue weighted by Crippen LogP contribution is 2.27. The number of hydrogen-bond donors (Lipinski definition) is 1. The number of rotatable bonds is 2. The molecule has 5 nitrogen and oxygen atoms in total. The van der Waals surface area contributed by atoms with Crippen LogP contribution in [0.2, 0.25) is 0 Å². The maximum atomic E-state index is 13.8. The topological polar surface area (TPSA) is 59.5 Å². The molecule has 3 rings (SSSR count). The molecule has 0 atom stereocenters. The van der Waals surface area contributed by atoms with E-state index in [1.165, 1.54) is 6.07 Å². The van der Waals surface area contributed by atoms with Gasteiger partial charge >= 0.3 is 0 Å². The highest BCUT2D eigenvalue weighted by atomic mass is 19.1. The largest absolute Gasteiger partial charge is 0.382 e. The second-order valence-electron chi connectivity index (χ2n) is 4.16. The van der Waals surface area contributed by atoms with Crippen LogP contribution in [-0.2, 0) is 0 Å². The first kappa shape index (κ1) is 11.5. The number of imidazole rings is 1. The van der Waals surface area contributed by atoms with E-state index < -0.39 is 0 Å². The van der Waals surface area contributed by atoms with Crippen LogP contribution in [0.25, 0.3) is 5.65 Å². The third kappa shape index (κ3) is 1.87. The summed E-state index contributed by atoms with van der Waals surface area (Å²) >= 11 is 0. The van der Waals surface area contributed by atoms with Crippen molar-refractivity contribution < 1.29 is 4.39 Å². The molecular formula is C13H12FN5. The number of nitrogens with two attached hydrogens (primary N) is 1. The van der Waals surface area contributed by atoms with Gasteiger partial charge in [-0.1, -0.05) is 12.1 Å². The lowest BCUT2D eigenvalue weighted by atomic mass is 10.3. The average Bonchev–Trinajstić information content (AvgIpc) is 2.85. The van der Waals surface area contributed by atoms with Crippen LogP contribution >= 0.6 is 0 Å². The number of aromatic nitrogens is 3. The predicted octanol–water partition coefficient (Wildman–Crippen LogP) is 2.22. The molecule has 0 spiro atoms. The number of hydrogen-bond acceptors (Lipinski definition) is 4. The molecule has 0 aliphatic carbocycles. The Morgan fingerprint density at radius 2 is 2.11 bits per heavy atom. The first-order valence-corrected chi connectivity index (χ1v) is 5.74. The quantitative estimate of drug-likeness (QED) is 0.764. The van der Waals surface area contributed by atoms with Gasteiger partial charge in [0.05, 0.1) is 11.9 Å². The summed E-state index contributed by atoms with van der Waals surface area (Å²) in [7, 11) is 1.73. The van der Waals surface area contributed by atoms with Crippen molar-refractivity contribution in [3.8, 4) is 0 Å². The predicted molar refractivity (Wildman–Crippen MR) is 71.9 cm³/mol. The fraction of sp³-hybridized carbons (Fsp3) is 0.0769. The van der Waals surface area contributed by atoms with E-state index in [4.69, 9.17) is 5.73 Å². The van der Waals surface area contributed by atoms with E-state index in [2.05, 4.69) is 9.97 Å². The Morgan fingerprint density at radius 3 is 2.89 bits per heavy atom. The van der Waals surface area contributed by atoms with Crippen LogP contribution in [0.3, 0.4) is 0 Å². The first-order valence-electron chi connectivity index (χ1n) is 5.74. The van der Waals surface area contributed by atoms with Crippen LogP contribution < -0.4 is 10.6 Å². The van der Waals surface area contributed by atoms with E-state index in [0.29, 0.717) is 23.0 Å².